The van der Waals surface area contributed by atoms with E-state index >= 15 is 0 Å². The number of hydrogen-bond donors (Lipinski definition) is 0. The van der Waals surface area contributed by atoms with Gasteiger partial charge in [-0.15, -0.1) is 0 Å². The Hall–Kier alpha value is -1.19. The lowest BCUT2D eigenvalue weighted by atomic mass is 10.0. The lowest BCUT2D eigenvalue weighted by Crippen LogP contribution is -2.00. The van der Waals surface area contributed by atoms with Gasteiger partial charge in [0.1, 0.15) is 11.5 Å². The summed E-state index contributed by atoms with van der Waals surface area (Å²) in [5.41, 5.74) is 2.04. The Morgan fingerprint density at radius 1 is 1.15 bits per heavy atom. The van der Waals surface area contributed by atoms with Crippen LogP contribution in [0.5, 0.6) is 11.5 Å². The summed E-state index contributed by atoms with van der Waals surface area (Å²) in [7, 11) is 1.63. The highest BCUT2D eigenvalue weighted by atomic mass is 79.9. The molecule has 2 rings (SSSR count). The molecule has 0 saturated carbocycles. The van der Waals surface area contributed by atoms with Crippen molar-refractivity contribution in [3.8, 4) is 11.5 Å². The van der Waals surface area contributed by atoms with Crippen molar-refractivity contribution >= 4 is 27.5 Å². The van der Waals surface area contributed by atoms with Crippen LogP contribution in [0.25, 0.3) is 0 Å². The second kappa shape index (κ2) is 7.00. The highest BCUT2D eigenvalue weighted by molar-refractivity contribution is 9.09. The Labute approximate surface area is 132 Å². The molecule has 2 aromatic rings. The van der Waals surface area contributed by atoms with Gasteiger partial charge in [0.05, 0.1) is 18.5 Å². The number of rotatable bonds is 5. The van der Waals surface area contributed by atoms with Crippen LogP contribution >= 0.6 is 27.5 Å². The first-order chi connectivity index (χ1) is 9.67. The van der Waals surface area contributed by atoms with Gasteiger partial charge < -0.3 is 9.47 Å². The van der Waals surface area contributed by atoms with Gasteiger partial charge in [-0.1, -0.05) is 51.8 Å². The number of methoxy groups -OCH3 is 1. The van der Waals surface area contributed by atoms with Gasteiger partial charge in [0.15, 0.2) is 0 Å². The largest absolute Gasteiger partial charge is 0.497 e. The minimum absolute atomic E-state index is 0.0244. The molecule has 0 spiro atoms. The molecule has 2 nitrogen and oxygen atoms in total. The molecule has 4 heteroatoms. The van der Waals surface area contributed by atoms with Crippen LogP contribution < -0.4 is 9.47 Å². The van der Waals surface area contributed by atoms with Gasteiger partial charge >= 0.3 is 0 Å². The molecule has 0 aliphatic heterocycles. The number of hydrogen-bond acceptors (Lipinski definition) is 2. The number of ether oxygens (including phenoxy) is 2. The van der Waals surface area contributed by atoms with Gasteiger partial charge in [-0.05, 0) is 30.7 Å². The zero-order chi connectivity index (χ0) is 14.5. The van der Waals surface area contributed by atoms with Crippen LogP contribution in [0, 0.1) is 0 Å². The lowest BCUT2D eigenvalue weighted by molar-refractivity contribution is 0.337. The minimum atomic E-state index is -0.0244. The SMILES string of the molecule is CCOc1ccccc1C(Br)c1ccc(OC)cc1Cl. The lowest BCUT2D eigenvalue weighted by Gasteiger charge is -2.17. The maximum absolute atomic E-state index is 6.33. The predicted molar refractivity (Wildman–Crippen MR) is 86.4 cm³/mol. The molecule has 1 unspecified atom stereocenters. The summed E-state index contributed by atoms with van der Waals surface area (Å²) in [6, 6.07) is 13.6. The Kier molecular flexibility index (Phi) is 5.32. The van der Waals surface area contributed by atoms with Crippen LogP contribution in [0.1, 0.15) is 22.9 Å². The topological polar surface area (TPSA) is 18.5 Å². The maximum Gasteiger partial charge on any atom is 0.123 e. The van der Waals surface area contributed by atoms with Crippen LogP contribution in [0.4, 0.5) is 0 Å². The standard InChI is InChI=1S/C16H16BrClO2/c1-3-20-15-7-5-4-6-13(15)16(17)12-9-8-11(19-2)10-14(12)18/h4-10,16H,3H2,1-2H3. The molecule has 0 saturated heterocycles. The zero-order valence-electron chi connectivity index (χ0n) is 11.4. The summed E-state index contributed by atoms with van der Waals surface area (Å²) in [6.45, 7) is 2.60. The van der Waals surface area contributed by atoms with Crippen LogP contribution in [0.3, 0.4) is 0 Å². The third-order valence-corrected chi connectivity index (χ3v) is 4.29. The average Bonchev–Trinajstić information content (AvgIpc) is 2.47. The molecule has 0 aliphatic carbocycles. The van der Waals surface area contributed by atoms with Gasteiger partial charge in [0.25, 0.3) is 0 Å². The fourth-order valence-corrected chi connectivity index (χ4v) is 3.17. The van der Waals surface area contributed by atoms with E-state index in [1.165, 1.54) is 0 Å². The van der Waals surface area contributed by atoms with Gasteiger partial charge in [0.2, 0.25) is 0 Å². The highest BCUT2D eigenvalue weighted by Crippen LogP contribution is 2.40. The highest BCUT2D eigenvalue weighted by Gasteiger charge is 2.18. The smallest absolute Gasteiger partial charge is 0.123 e. The zero-order valence-corrected chi connectivity index (χ0v) is 13.7. The summed E-state index contributed by atoms with van der Waals surface area (Å²) < 4.78 is 10.8. The van der Waals surface area contributed by atoms with Crippen molar-refractivity contribution in [3.63, 3.8) is 0 Å². The predicted octanol–water partition coefficient (Wildman–Crippen LogP) is 5.23. The summed E-state index contributed by atoms with van der Waals surface area (Å²) in [5.74, 6) is 1.61. The third kappa shape index (κ3) is 3.28. The van der Waals surface area contributed by atoms with Crippen LogP contribution in [0.2, 0.25) is 5.02 Å². The summed E-state index contributed by atoms with van der Waals surface area (Å²) in [5, 5.41) is 0.664. The number of benzene rings is 2. The van der Waals surface area contributed by atoms with Crippen molar-refractivity contribution in [1.82, 2.24) is 0 Å². The summed E-state index contributed by atoms with van der Waals surface area (Å²) >= 11 is 10.0. The molecule has 106 valence electrons. The Morgan fingerprint density at radius 2 is 1.90 bits per heavy atom. The number of alkyl halides is 1. The Balaban J connectivity index is 2.38. The van der Waals surface area contributed by atoms with Crippen molar-refractivity contribution in [3.05, 3.63) is 58.6 Å². The van der Waals surface area contributed by atoms with Gasteiger partial charge in [-0.3, -0.25) is 0 Å². The van der Waals surface area contributed by atoms with Crippen molar-refractivity contribution in [2.45, 2.75) is 11.8 Å². The molecular formula is C16H16BrClO2. The molecule has 0 radical (unpaired) electrons. The quantitative estimate of drug-likeness (QED) is 0.684. The van der Waals surface area contributed by atoms with E-state index in [4.69, 9.17) is 21.1 Å². The van der Waals surface area contributed by atoms with Crippen LogP contribution in [-0.4, -0.2) is 13.7 Å². The summed E-state index contributed by atoms with van der Waals surface area (Å²) in [6.07, 6.45) is 0. The third-order valence-electron chi connectivity index (χ3n) is 2.97. The van der Waals surface area contributed by atoms with Gasteiger partial charge in [-0.25, -0.2) is 0 Å². The van der Waals surface area contributed by atoms with E-state index in [9.17, 15) is 0 Å². The first-order valence-electron chi connectivity index (χ1n) is 6.36. The van der Waals surface area contributed by atoms with Crippen molar-refractivity contribution in [2.24, 2.45) is 0 Å². The molecule has 0 aliphatic rings. The first kappa shape index (κ1) is 15.2. The second-order valence-corrected chi connectivity index (χ2v) is 5.54. The maximum atomic E-state index is 6.33. The molecule has 20 heavy (non-hydrogen) atoms. The molecule has 0 bridgehead atoms. The fourth-order valence-electron chi connectivity index (χ4n) is 1.98. The normalized spacial score (nSPS) is 12.0. The van der Waals surface area contributed by atoms with Gasteiger partial charge in [-0.2, -0.15) is 0 Å². The molecule has 0 aromatic heterocycles. The summed E-state index contributed by atoms with van der Waals surface area (Å²) in [4.78, 5) is -0.0244. The first-order valence-corrected chi connectivity index (χ1v) is 7.66. The second-order valence-electron chi connectivity index (χ2n) is 4.22. The minimum Gasteiger partial charge on any atom is -0.497 e. The molecule has 0 fully saturated rings. The van der Waals surface area contributed by atoms with Crippen LogP contribution in [0.15, 0.2) is 42.5 Å². The molecule has 1 atom stereocenters. The van der Waals surface area contributed by atoms with Crippen LogP contribution in [-0.2, 0) is 0 Å². The number of halogens is 2. The molecule has 0 amide bonds. The van der Waals surface area contributed by atoms with Crippen molar-refractivity contribution in [2.75, 3.05) is 13.7 Å². The van der Waals surface area contributed by atoms with E-state index in [1.807, 2.05) is 49.4 Å². The monoisotopic (exact) mass is 354 g/mol. The molecule has 0 N–H and O–H groups in total. The van der Waals surface area contributed by atoms with E-state index in [0.29, 0.717) is 11.6 Å². The number of para-hydroxylation sites is 1. The Bertz CT molecular complexity index is 586. The Morgan fingerprint density at radius 3 is 2.55 bits per heavy atom. The fraction of sp³-hybridized carbons (Fsp3) is 0.250. The van der Waals surface area contributed by atoms with E-state index in [2.05, 4.69) is 15.9 Å². The average molecular weight is 356 g/mol. The van der Waals surface area contributed by atoms with E-state index in [-0.39, 0.29) is 4.83 Å². The van der Waals surface area contributed by atoms with Crippen molar-refractivity contribution in [1.29, 1.82) is 0 Å². The molecule has 2 aromatic carbocycles. The van der Waals surface area contributed by atoms with Gasteiger partial charge in [0, 0.05) is 10.6 Å². The molecule has 0 heterocycles. The van der Waals surface area contributed by atoms with E-state index in [0.717, 1.165) is 22.6 Å². The van der Waals surface area contributed by atoms with E-state index < -0.39 is 0 Å². The van der Waals surface area contributed by atoms with E-state index in [1.54, 1.807) is 7.11 Å². The molecular weight excluding hydrogens is 340 g/mol. The van der Waals surface area contributed by atoms with Crippen molar-refractivity contribution < 1.29 is 9.47 Å².